The topological polar surface area (TPSA) is 108 Å². The molecule has 43 heavy (non-hydrogen) atoms. The van der Waals surface area contributed by atoms with Gasteiger partial charge < -0.3 is 25.4 Å². The summed E-state index contributed by atoms with van der Waals surface area (Å²) in [6, 6.07) is 10.4. The normalized spacial score (nSPS) is 12.9. The highest BCUT2D eigenvalue weighted by atomic mass is 16.6. The monoisotopic (exact) mass is 595 g/mol. The van der Waals surface area contributed by atoms with E-state index < -0.39 is 23.8 Å². The molecular weight excluding hydrogens is 542 g/mol. The van der Waals surface area contributed by atoms with Crippen LogP contribution in [0.2, 0.25) is 0 Å². The molecule has 0 bridgehead atoms. The Balaban J connectivity index is 2.59. The van der Waals surface area contributed by atoms with E-state index in [0.717, 1.165) is 54.4 Å². The van der Waals surface area contributed by atoms with Crippen LogP contribution in [-0.4, -0.2) is 52.1 Å². The van der Waals surface area contributed by atoms with Gasteiger partial charge in [0.1, 0.15) is 23.4 Å². The molecule has 0 fully saturated rings. The number of nitrogens with zero attached hydrogens (tertiary/aromatic N) is 1. The van der Waals surface area contributed by atoms with Crippen LogP contribution in [0.3, 0.4) is 0 Å². The first-order valence-corrected chi connectivity index (χ1v) is 15.7. The maximum absolute atomic E-state index is 14.6. The van der Waals surface area contributed by atoms with Crippen molar-refractivity contribution in [2.24, 2.45) is 0 Å². The molecule has 0 saturated carbocycles. The zero-order valence-corrected chi connectivity index (χ0v) is 27.5. The number of carbonyl (C=O) groups is 3. The number of aryl methyl sites for hydroxylation is 2. The van der Waals surface area contributed by atoms with Crippen molar-refractivity contribution < 1.29 is 24.2 Å². The maximum atomic E-state index is 14.6. The molecule has 8 nitrogen and oxygen atoms in total. The Labute approximate surface area is 258 Å². The molecule has 3 N–H and O–H groups in total. The molecule has 0 aliphatic rings. The van der Waals surface area contributed by atoms with E-state index in [0.29, 0.717) is 6.54 Å². The molecule has 2 aromatic carbocycles. The highest BCUT2D eigenvalue weighted by Crippen LogP contribution is 2.30. The molecule has 2 aromatic rings. The molecule has 0 radical (unpaired) electrons. The van der Waals surface area contributed by atoms with E-state index >= 15 is 0 Å². The van der Waals surface area contributed by atoms with Crippen LogP contribution in [0.1, 0.15) is 108 Å². The average molecular weight is 596 g/mol. The standard InChI is InChI=1S/C35H53N3O5/c1-9-10-11-12-13-14-22-38(31(32(40)36-24(2)3)30-25(4)16-15-17-26(30)5)33(41)29(37-34(42)43-35(6,7)8)23-27-18-20-28(39)21-19-27/h15-21,24,29,31,39H,9-14,22-23H2,1-8H3,(H,36,40)(H,37,42). The summed E-state index contributed by atoms with van der Waals surface area (Å²) in [6.45, 7) is 15.5. The molecule has 0 aromatic heterocycles. The third-order valence-electron chi connectivity index (χ3n) is 7.21. The third-order valence-corrected chi connectivity index (χ3v) is 7.21. The van der Waals surface area contributed by atoms with Crippen LogP contribution < -0.4 is 10.6 Å². The number of rotatable bonds is 15. The van der Waals surface area contributed by atoms with Gasteiger partial charge in [-0.3, -0.25) is 9.59 Å². The van der Waals surface area contributed by atoms with Gasteiger partial charge in [0.15, 0.2) is 0 Å². The molecule has 0 spiro atoms. The number of phenols is 1. The molecule has 0 aliphatic carbocycles. The van der Waals surface area contributed by atoms with E-state index in [4.69, 9.17) is 4.74 Å². The third kappa shape index (κ3) is 11.9. The second kappa shape index (κ2) is 16.9. The fourth-order valence-electron chi connectivity index (χ4n) is 5.20. The SMILES string of the molecule is CCCCCCCCN(C(=O)C(Cc1ccc(O)cc1)NC(=O)OC(C)(C)C)C(C(=O)NC(C)C)c1c(C)cccc1C. The Morgan fingerprint density at radius 2 is 1.47 bits per heavy atom. The number of unbranched alkanes of at least 4 members (excludes halogenated alkanes) is 5. The predicted octanol–water partition coefficient (Wildman–Crippen LogP) is 6.90. The van der Waals surface area contributed by atoms with Gasteiger partial charge in [-0.25, -0.2) is 4.79 Å². The summed E-state index contributed by atoms with van der Waals surface area (Å²) in [5, 5.41) is 15.7. The minimum atomic E-state index is -1.00. The first-order chi connectivity index (χ1) is 20.2. The summed E-state index contributed by atoms with van der Waals surface area (Å²) in [7, 11) is 0. The van der Waals surface area contributed by atoms with E-state index in [9.17, 15) is 19.5 Å². The van der Waals surface area contributed by atoms with Crippen molar-refractivity contribution in [1.29, 1.82) is 0 Å². The van der Waals surface area contributed by atoms with Gasteiger partial charge in [0.25, 0.3) is 0 Å². The molecule has 0 aliphatic heterocycles. The second-order valence-electron chi connectivity index (χ2n) is 12.7. The van der Waals surface area contributed by atoms with Crippen LogP contribution >= 0.6 is 0 Å². The van der Waals surface area contributed by atoms with Gasteiger partial charge in [0.2, 0.25) is 11.8 Å². The number of benzene rings is 2. The number of amides is 3. The fourth-order valence-corrected chi connectivity index (χ4v) is 5.20. The van der Waals surface area contributed by atoms with Crippen LogP contribution in [0, 0.1) is 13.8 Å². The predicted molar refractivity (Wildman–Crippen MR) is 172 cm³/mol. The van der Waals surface area contributed by atoms with Crippen molar-refractivity contribution >= 4 is 17.9 Å². The van der Waals surface area contributed by atoms with E-state index in [1.165, 1.54) is 6.42 Å². The minimum absolute atomic E-state index is 0.108. The fraction of sp³-hybridized carbons (Fsp3) is 0.571. The molecular formula is C35H53N3O5. The summed E-state index contributed by atoms with van der Waals surface area (Å²) in [6.07, 6.45) is 5.60. The molecule has 238 valence electrons. The molecule has 0 heterocycles. The van der Waals surface area contributed by atoms with Crippen molar-refractivity contribution in [2.45, 2.75) is 124 Å². The molecule has 2 atom stereocenters. The number of alkyl carbamates (subject to hydrolysis) is 1. The number of hydrogen-bond donors (Lipinski definition) is 3. The smallest absolute Gasteiger partial charge is 0.408 e. The molecule has 0 saturated heterocycles. The van der Waals surface area contributed by atoms with Crippen LogP contribution in [0.15, 0.2) is 42.5 Å². The average Bonchev–Trinajstić information content (AvgIpc) is 2.90. The van der Waals surface area contributed by atoms with Crippen LogP contribution in [0.25, 0.3) is 0 Å². The van der Waals surface area contributed by atoms with E-state index in [1.54, 1.807) is 49.9 Å². The van der Waals surface area contributed by atoms with Crippen molar-refractivity contribution in [1.82, 2.24) is 15.5 Å². The number of ether oxygens (including phenoxy) is 1. The lowest BCUT2D eigenvalue weighted by atomic mass is 9.92. The molecule has 2 unspecified atom stereocenters. The lowest BCUT2D eigenvalue weighted by Gasteiger charge is -2.36. The number of nitrogens with one attached hydrogen (secondary N) is 2. The first-order valence-electron chi connectivity index (χ1n) is 15.7. The lowest BCUT2D eigenvalue weighted by Crippen LogP contribution is -2.54. The van der Waals surface area contributed by atoms with Gasteiger partial charge in [0, 0.05) is 19.0 Å². The van der Waals surface area contributed by atoms with Crippen LogP contribution in [0.4, 0.5) is 4.79 Å². The number of aromatic hydroxyl groups is 1. The van der Waals surface area contributed by atoms with Gasteiger partial charge >= 0.3 is 6.09 Å². The summed E-state index contributed by atoms with van der Waals surface area (Å²) >= 11 is 0. The lowest BCUT2D eigenvalue weighted by molar-refractivity contribution is -0.142. The van der Waals surface area contributed by atoms with Gasteiger partial charge in [-0.2, -0.15) is 0 Å². The van der Waals surface area contributed by atoms with Crippen molar-refractivity contribution in [3.05, 3.63) is 64.7 Å². The minimum Gasteiger partial charge on any atom is -0.508 e. The number of phenolic OH excluding ortho intramolecular Hbond substituents is 1. The molecule has 8 heteroatoms. The Hall–Kier alpha value is -3.55. The zero-order chi connectivity index (χ0) is 32.2. The Morgan fingerprint density at radius 3 is 2.02 bits per heavy atom. The highest BCUT2D eigenvalue weighted by Gasteiger charge is 2.37. The Kier molecular flexibility index (Phi) is 14.0. The summed E-state index contributed by atoms with van der Waals surface area (Å²) in [5.74, 6) is -0.511. The molecule has 3 amide bonds. The van der Waals surface area contributed by atoms with Gasteiger partial charge in [-0.15, -0.1) is 0 Å². The van der Waals surface area contributed by atoms with Crippen molar-refractivity contribution in [3.8, 4) is 5.75 Å². The van der Waals surface area contributed by atoms with E-state index in [1.807, 2.05) is 45.9 Å². The summed E-state index contributed by atoms with van der Waals surface area (Å²) in [4.78, 5) is 43.3. The van der Waals surface area contributed by atoms with E-state index in [-0.39, 0.29) is 30.0 Å². The molecule has 2 rings (SSSR count). The summed E-state index contributed by atoms with van der Waals surface area (Å²) in [5.41, 5.74) is 2.62. The van der Waals surface area contributed by atoms with Gasteiger partial charge in [-0.1, -0.05) is 69.4 Å². The Morgan fingerprint density at radius 1 is 0.884 bits per heavy atom. The number of carbonyl (C=O) groups excluding carboxylic acids is 3. The number of hydrogen-bond acceptors (Lipinski definition) is 5. The van der Waals surface area contributed by atoms with Crippen molar-refractivity contribution in [3.63, 3.8) is 0 Å². The van der Waals surface area contributed by atoms with Crippen molar-refractivity contribution in [2.75, 3.05) is 6.54 Å². The van der Waals surface area contributed by atoms with Crippen LogP contribution in [-0.2, 0) is 20.7 Å². The quantitative estimate of drug-likeness (QED) is 0.194. The first kappa shape index (κ1) is 35.6. The Bertz CT molecular complexity index is 1170. The summed E-state index contributed by atoms with van der Waals surface area (Å²) < 4.78 is 5.53. The highest BCUT2D eigenvalue weighted by molar-refractivity contribution is 5.92. The largest absolute Gasteiger partial charge is 0.508 e. The van der Waals surface area contributed by atoms with Gasteiger partial charge in [0.05, 0.1) is 0 Å². The second-order valence-corrected chi connectivity index (χ2v) is 12.7. The van der Waals surface area contributed by atoms with Crippen LogP contribution in [0.5, 0.6) is 5.75 Å². The zero-order valence-electron chi connectivity index (χ0n) is 27.5. The van der Waals surface area contributed by atoms with E-state index in [2.05, 4.69) is 17.6 Å². The maximum Gasteiger partial charge on any atom is 0.408 e. The van der Waals surface area contributed by atoms with Gasteiger partial charge in [-0.05, 0) is 89.3 Å².